The van der Waals surface area contributed by atoms with Crippen LogP contribution in [0.3, 0.4) is 0 Å². The van der Waals surface area contributed by atoms with Gasteiger partial charge in [-0.3, -0.25) is 0 Å². The Morgan fingerprint density at radius 2 is 1.80 bits per heavy atom. The normalized spacial score (nSPS) is 9.40. The number of hydrogen-bond acceptors (Lipinski definition) is 3. The molecule has 15 heavy (non-hydrogen) atoms. The van der Waals surface area contributed by atoms with E-state index in [4.69, 9.17) is 10.00 Å². The highest BCUT2D eigenvalue weighted by Gasteiger charge is 2.01. The molecule has 0 radical (unpaired) electrons. The van der Waals surface area contributed by atoms with Crippen molar-refractivity contribution >= 4 is 5.69 Å². The zero-order valence-corrected chi connectivity index (χ0v) is 9.23. The standard InChI is InChI=1S/C12H16N2O/c1-3-14(4-2)11-5-7-12(8-6-11)15-10-9-13/h5-8H,3-4,10H2,1-2H3. The number of nitrogens with zero attached hydrogens (tertiary/aromatic N) is 2. The third kappa shape index (κ3) is 3.17. The van der Waals surface area contributed by atoms with Gasteiger partial charge in [-0.2, -0.15) is 5.26 Å². The van der Waals surface area contributed by atoms with Crippen LogP contribution in [0.2, 0.25) is 0 Å². The predicted molar refractivity (Wildman–Crippen MR) is 61.1 cm³/mol. The third-order valence-electron chi connectivity index (χ3n) is 2.27. The molecular formula is C12H16N2O. The van der Waals surface area contributed by atoms with Crippen molar-refractivity contribution in [2.24, 2.45) is 0 Å². The Hall–Kier alpha value is -1.69. The summed E-state index contributed by atoms with van der Waals surface area (Å²) in [6, 6.07) is 9.76. The summed E-state index contributed by atoms with van der Waals surface area (Å²) in [5.74, 6) is 0.743. The number of hydrogen-bond donors (Lipinski definition) is 0. The van der Waals surface area contributed by atoms with Gasteiger partial charge in [-0.1, -0.05) is 0 Å². The molecule has 0 aliphatic rings. The van der Waals surface area contributed by atoms with Crippen molar-refractivity contribution in [2.45, 2.75) is 13.8 Å². The van der Waals surface area contributed by atoms with Gasteiger partial charge in [-0.05, 0) is 38.1 Å². The van der Waals surface area contributed by atoms with Gasteiger partial charge in [0.1, 0.15) is 11.8 Å². The molecule has 0 spiro atoms. The Morgan fingerprint density at radius 1 is 1.20 bits per heavy atom. The molecule has 0 saturated heterocycles. The zero-order valence-electron chi connectivity index (χ0n) is 9.23. The second kappa shape index (κ2) is 5.92. The lowest BCUT2D eigenvalue weighted by Crippen LogP contribution is -2.21. The minimum atomic E-state index is 0.102. The summed E-state index contributed by atoms with van der Waals surface area (Å²) >= 11 is 0. The summed E-state index contributed by atoms with van der Waals surface area (Å²) in [5.41, 5.74) is 1.18. The van der Waals surface area contributed by atoms with Crippen LogP contribution in [0.4, 0.5) is 5.69 Å². The van der Waals surface area contributed by atoms with Crippen LogP contribution >= 0.6 is 0 Å². The predicted octanol–water partition coefficient (Wildman–Crippen LogP) is 2.44. The van der Waals surface area contributed by atoms with E-state index >= 15 is 0 Å². The third-order valence-corrected chi connectivity index (χ3v) is 2.27. The lowest BCUT2D eigenvalue weighted by Gasteiger charge is -2.20. The second-order valence-electron chi connectivity index (χ2n) is 3.11. The van der Waals surface area contributed by atoms with E-state index in [2.05, 4.69) is 18.7 Å². The maximum atomic E-state index is 8.36. The Labute approximate surface area is 90.9 Å². The van der Waals surface area contributed by atoms with Crippen LogP contribution in [-0.2, 0) is 0 Å². The molecule has 3 nitrogen and oxygen atoms in total. The van der Waals surface area contributed by atoms with Gasteiger partial charge in [0.25, 0.3) is 0 Å². The quantitative estimate of drug-likeness (QED) is 0.739. The SMILES string of the molecule is CCN(CC)c1ccc(OCC#N)cc1. The molecule has 1 aromatic rings. The van der Waals surface area contributed by atoms with Crippen LogP contribution in [0.25, 0.3) is 0 Å². The smallest absolute Gasteiger partial charge is 0.174 e. The summed E-state index contributed by atoms with van der Waals surface area (Å²) < 4.78 is 5.18. The van der Waals surface area contributed by atoms with E-state index in [0.717, 1.165) is 18.8 Å². The maximum absolute atomic E-state index is 8.36. The van der Waals surface area contributed by atoms with Gasteiger partial charge in [0.2, 0.25) is 0 Å². The van der Waals surface area contributed by atoms with Crippen molar-refractivity contribution in [2.75, 3.05) is 24.6 Å². The van der Waals surface area contributed by atoms with Gasteiger partial charge < -0.3 is 9.64 Å². The fourth-order valence-corrected chi connectivity index (χ4v) is 1.46. The van der Waals surface area contributed by atoms with Gasteiger partial charge >= 0.3 is 0 Å². The molecule has 3 heteroatoms. The molecule has 0 fully saturated rings. The largest absolute Gasteiger partial charge is 0.479 e. The zero-order chi connectivity index (χ0) is 11.1. The first-order valence-corrected chi connectivity index (χ1v) is 5.16. The first-order valence-electron chi connectivity index (χ1n) is 5.16. The lowest BCUT2D eigenvalue weighted by molar-refractivity contribution is 0.368. The van der Waals surface area contributed by atoms with Crippen molar-refractivity contribution in [3.05, 3.63) is 24.3 Å². The van der Waals surface area contributed by atoms with Crippen LogP contribution in [0.5, 0.6) is 5.75 Å². The monoisotopic (exact) mass is 204 g/mol. The molecule has 1 rings (SSSR count). The van der Waals surface area contributed by atoms with Crippen LogP contribution in [0.15, 0.2) is 24.3 Å². The van der Waals surface area contributed by atoms with Crippen LogP contribution in [0, 0.1) is 11.3 Å². The highest BCUT2D eigenvalue weighted by atomic mass is 16.5. The second-order valence-corrected chi connectivity index (χ2v) is 3.11. The summed E-state index contributed by atoms with van der Waals surface area (Å²) in [4.78, 5) is 2.26. The van der Waals surface area contributed by atoms with E-state index in [1.54, 1.807) is 0 Å². The topological polar surface area (TPSA) is 36.3 Å². The van der Waals surface area contributed by atoms with E-state index in [9.17, 15) is 0 Å². The van der Waals surface area contributed by atoms with Gasteiger partial charge in [-0.25, -0.2) is 0 Å². The molecule has 0 aliphatic heterocycles. The van der Waals surface area contributed by atoms with Gasteiger partial charge in [0.05, 0.1) is 0 Å². The summed E-state index contributed by atoms with van der Waals surface area (Å²) in [7, 11) is 0. The Kier molecular flexibility index (Phi) is 4.49. The Bertz CT molecular complexity index is 322. The Balaban J connectivity index is 2.67. The maximum Gasteiger partial charge on any atom is 0.174 e. The summed E-state index contributed by atoms with van der Waals surface area (Å²) in [5, 5.41) is 8.36. The Morgan fingerprint density at radius 3 is 2.27 bits per heavy atom. The molecule has 0 aromatic heterocycles. The highest BCUT2D eigenvalue weighted by Crippen LogP contribution is 2.18. The molecule has 0 aliphatic carbocycles. The van der Waals surface area contributed by atoms with Crippen molar-refractivity contribution in [3.8, 4) is 11.8 Å². The number of rotatable bonds is 5. The van der Waals surface area contributed by atoms with Crippen LogP contribution < -0.4 is 9.64 Å². The van der Waals surface area contributed by atoms with Crippen molar-refractivity contribution in [1.29, 1.82) is 5.26 Å². The molecule has 0 amide bonds. The number of nitriles is 1. The molecule has 0 unspecified atom stereocenters. The number of benzene rings is 1. The van der Waals surface area contributed by atoms with Gasteiger partial charge in [0, 0.05) is 18.8 Å². The molecule has 0 atom stereocenters. The fourth-order valence-electron chi connectivity index (χ4n) is 1.46. The fraction of sp³-hybridized carbons (Fsp3) is 0.417. The van der Waals surface area contributed by atoms with Crippen LogP contribution in [-0.4, -0.2) is 19.7 Å². The molecule has 80 valence electrons. The van der Waals surface area contributed by atoms with E-state index in [1.165, 1.54) is 5.69 Å². The summed E-state index contributed by atoms with van der Waals surface area (Å²) in [6.07, 6.45) is 0. The van der Waals surface area contributed by atoms with Gasteiger partial charge in [0.15, 0.2) is 6.61 Å². The average molecular weight is 204 g/mol. The highest BCUT2D eigenvalue weighted by molar-refractivity contribution is 5.48. The molecule has 1 aromatic carbocycles. The van der Waals surface area contributed by atoms with Crippen molar-refractivity contribution < 1.29 is 4.74 Å². The van der Waals surface area contributed by atoms with Crippen molar-refractivity contribution in [3.63, 3.8) is 0 Å². The van der Waals surface area contributed by atoms with Crippen molar-refractivity contribution in [1.82, 2.24) is 0 Å². The van der Waals surface area contributed by atoms with E-state index in [0.29, 0.717) is 0 Å². The number of ether oxygens (including phenoxy) is 1. The lowest BCUT2D eigenvalue weighted by atomic mass is 10.2. The van der Waals surface area contributed by atoms with E-state index < -0.39 is 0 Å². The first kappa shape index (κ1) is 11.4. The van der Waals surface area contributed by atoms with Gasteiger partial charge in [-0.15, -0.1) is 0 Å². The van der Waals surface area contributed by atoms with E-state index in [-0.39, 0.29) is 6.61 Å². The first-order chi connectivity index (χ1) is 7.31. The van der Waals surface area contributed by atoms with E-state index in [1.807, 2.05) is 30.3 Å². The molecule has 0 bridgehead atoms. The molecule has 0 N–H and O–H groups in total. The molecule has 0 heterocycles. The minimum Gasteiger partial charge on any atom is -0.479 e. The molecular weight excluding hydrogens is 188 g/mol. The average Bonchev–Trinajstić information content (AvgIpc) is 2.29. The number of anilines is 1. The van der Waals surface area contributed by atoms with Crippen LogP contribution in [0.1, 0.15) is 13.8 Å². The molecule has 0 saturated carbocycles. The summed E-state index contributed by atoms with van der Waals surface area (Å²) in [6.45, 7) is 6.35. The minimum absolute atomic E-state index is 0.102.